The maximum Gasteiger partial charge on any atom is 0.161 e. The lowest BCUT2D eigenvalue weighted by atomic mass is 10.1. The van der Waals surface area contributed by atoms with Crippen molar-refractivity contribution >= 4 is 0 Å². The van der Waals surface area contributed by atoms with Gasteiger partial charge in [-0.1, -0.05) is 36.4 Å². The summed E-state index contributed by atoms with van der Waals surface area (Å²) in [5.74, 6) is 1.54. The summed E-state index contributed by atoms with van der Waals surface area (Å²) in [4.78, 5) is 4.03. The van der Waals surface area contributed by atoms with E-state index in [1.807, 2.05) is 54.9 Å². The van der Waals surface area contributed by atoms with Gasteiger partial charge in [0.1, 0.15) is 0 Å². The fourth-order valence-electron chi connectivity index (χ4n) is 2.72. The van der Waals surface area contributed by atoms with Crippen molar-refractivity contribution in [1.82, 2.24) is 10.3 Å². The SMILES string of the molecule is COc1cc(CNCc2ccncc2)ccc1OCCc1ccccc1. The second-order valence-electron chi connectivity index (χ2n) is 6.03. The summed E-state index contributed by atoms with van der Waals surface area (Å²) < 4.78 is 11.4. The lowest BCUT2D eigenvalue weighted by molar-refractivity contribution is 0.297. The van der Waals surface area contributed by atoms with Crippen LogP contribution in [0.3, 0.4) is 0 Å². The molecule has 4 heteroatoms. The van der Waals surface area contributed by atoms with E-state index in [1.54, 1.807) is 7.11 Å². The van der Waals surface area contributed by atoms with Gasteiger partial charge in [-0.3, -0.25) is 4.98 Å². The minimum Gasteiger partial charge on any atom is -0.493 e. The van der Waals surface area contributed by atoms with Crippen LogP contribution in [0.15, 0.2) is 73.1 Å². The van der Waals surface area contributed by atoms with Crippen molar-refractivity contribution in [2.24, 2.45) is 0 Å². The molecule has 0 saturated heterocycles. The Labute approximate surface area is 154 Å². The number of aromatic nitrogens is 1. The van der Waals surface area contributed by atoms with Crippen molar-refractivity contribution in [3.05, 3.63) is 89.7 Å². The van der Waals surface area contributed by atoms with Gasteiger partial charge in [0.2, 0.25) is 0 Å². The van der Waals surface area contributed by atoms with Gasteiger partial charge >= 0.3 is 0 Å². The molecule has 3 aromatic rings. The van der Waals surface area contributed by atoms with E-state index in [0.29, 0.717) is 6.61 Å². The van der Waals surface area contributed by atoms with Crippen LogP contribution in [0.4, 0.5) is 0 Å². The smallest absolute Gasteiger partial charge is 0.161 e. The molecule has 0 spiro atoms. The molecule has 0 unspecified atom stereocenters. The first-order chi connectivity index (χ1) is 12.8. The largest absolute Gasteiger partial charge is 0.493 e. The van der Waals surface area contributed by atoms with Crippen LogP contribution < -0.4 is 14.8 Å². The molecule has 0 bridgehead atoms. The number of methoxy groups -OCH3 is 1. The first kappa shape index (κ1) is 18.0. The molecule has 1 aromatic heterocycles. The van der Waals surface area contributed by atoms with Crippen LogP contribution in [0.5, 0.6) is 11.5 Å². The van der Waals surface area contributed by atoms with Crippen molar-refractivity contribution in [2.45, 2.75) is 19.5 Å². The molecule has 2 aromatic carbocycles. The average Bonchev–Trinajstić information content (AvgIpc) is 2.70. The van der Waals surface area contributed by atoms with Gasteiger partial charge < -0.3 is 14.8 Å². The van der Waals surface area contributed by atoms with E-state index >= 15 is 0 Å². The monoisotopic (exact) mass is 348 g/mol. The van der Waals surface area contributed by atoms with Crippen LogP contribution in [-0.2, 0) is 19.5 Å². The number of nitrogens with zero attached hydrogens (tertiary/aromatic N) is 1. The molecule has 1 N–H and O–H groups in total. The molecule has 0 fully saturated rings. The van der Waals surface area contributed by atoms with Crippen molar-refractivity contribution in [3.8, 4) is 11.5 Å². The fourth-order valence-corrected chi connectivity index (χ4v) is 2.72. The van der Waals surface area contributed by atoms with Gasteiger partial charge in [0.05, 0.1) is 13.7 Å². The highest BCUT2D eigenvalue weighted by Crippen LogP contribution is 2.28. The summed E-state index contributed by atoms with van der Waals surface area (Å²) in [6.45, 7) is 2.20. The zero-order valence-corrected chi connectivity index (χ0v) is 15.0. The number of benzene rings is 2. The quantitative estimate of drug-likeness (QED) is 0.635. The minimum atomic E-state index is 0.625. The number of rotatable bonds is 9. The Morgan fingerprint density at radius 1 is 0.808 bits per heavy atom. The molecule has 134 valence electrons. The third-order valence-electron chi connectivity index (χ3n) is 4.13. The number of pyridine rings is 1. The molecule has 0 atom stereocenters. The second-order valence-corrected chi connectivity index (χ2v) is 6.03. The third kappa shape index (κ3) is 5.33. The van der Waals surface area contributed by atoms with Gasteiger partial charge in [0.25, 0.3) is 0 Å². The Bertz CT molecular complexity index is 792. The third-order valence-corrected chi connectivity index (χ3v) is 4.13. The Balaban J connectivity index is 1.51. The van der Waals surface area contributed by atoms with E-state index < -0.39 is 0 Å². The van der Waals surface area contributed by atoms with Crippen LogP contribution in [0.25, 0.3) is 0 Å². The van der Waals surface area contributed by atoms with E-state index in [-0.39, 0.29) is 0 Å². The van der Waals surface area contributed by atoms with Crippen LogP contribution in [-0.4, -0.2) is 18.7 Å². The molecule has 26 heavy (non-hydrogen) atoms. The van der Waals surface area contributed by atoms with Crippen molar-refractivity contribution in [2.75, 3.05) is 13.7 Å². The van der Waals surface area contributed by atoms with Crippen molar-refractivity contribution in [1.29, 1.82) is 0 Å². The predicted octanol–water partition coefficient (Wildman–Crippen LogP) is 4.00. The molecule has 3 rings (SSSR count). The van der Waals surface area contributed by atoms with Crippen LogP contribution >= 0.6 is 0 Å². The first-order valence-electron chi connectivity index (χ1n) is 8.78. The first-order valence-corrected chi connectivity index (χ1v) is 8.78. The Morgan fingerprint density at radius 3 is 2.35 bits per heavy atom. The lowest BCUT2D eigenvalue weighted by Gasteiger charge is -2.13. The highest BCUT2D eigenvalue weighted by atomic mass is 16.5. The summed E-state index contributed by atoms with van der Waals surface area (Å²) in [7, 11) is 1.67. The summed E-state index contributed by atoms with van der Waals surface area (Å²) in [5, 5.41) is 3.43. The van der Waals surface area contributed by atoms with Crippen LogP contribution in [0.1, 0.15) is 16.7 Å². The standard InChI is InChI=1S/C22H24N2O2/c1-25-22-15-20(17-24-16-19-9-12-23-13-10-19)7-8-21(22)26-14-11-18-5-3-2-4-6-18/h2-10,12-13,15,24H,11,14,16-17H2,1H3. The summed E-state index contributed by atoms with van der Waals surface area (Å²) in [6, 6.07) is 20.4. The molecule has 0 aliphatic heterocycles. The van der Waals surface area contributed by atoms with E-state index in [4.69, 9.17) is 9.47 Å². The second kappa shape index (κ2) is 9.59. The normalized spacial score (nSPS) is 10.5. The van der Waals surface area contributed by atoms with E-state index in [1.165, 1.54) is 11.1 Å². The molecule has 4 nitrogen and oxygen atoms in total. The average molecular weight is 348 g/mol. The van der Waals surface area contributed by atoms with E-state index in [9.17, 15) is 0 Å². The Kier molecular flexibility index (Phi) is 6.62. The molecule has 0 saturated carbocycles. The van der Waals surface area contributed by atoms with Gasteiger partial charge in [0.15, 0.2) is 11.5 Å². The number of hydrogen-bond donors (Lipinski definition) is 1. The number of nitrogens with one attached hydrogen (secondary N) is 1. The molecular weight excluding hydrogens is 324 g/mol. The zero-order valence-electron chi connectivity index (χ0n) is 15.0. The predicted molar refractivity (Wildman–Crippen MR) is 103 cm³/mol. The molecule has 1 heterocycles. The molecule has 0 radical (unpaired) electrons. The summed E-state index contributed by atoms with van der Waals surface area (Å²) >= 11 is 0. The molecule has 0 aliphatic carbocycles. The van der Waals surface area contributed by atoms with E-state index in [0.717, 1.165) is 36.6 Å². The van der Waals surface area contributed by atoms with Crippen molar-refractivity contribution < 1.29 is 9.47 Å². The van der Waals surface area contributed by atoms with E-state index in [2.05, 4.69) is 28.5 Å². The van der Waals surface area contributed by atoms with Gasteiger partial charge in [-0.05, 0) is 41.0 Å². The zero-order chi connectivity index (χ0) is 18.0. The maximum atomic E-state index is 5.91. The maximum absolute atomic E-state index is 5.91. The van der Waals surface area contributed by atoms with Gasteiger partial charge in [-0.15, -0.1) is 0 Å². The van der Waals surface area contributed by atoms with Gasteiger partial charge in [-0.2, -0.15) is 0 Å². The highest BCUT2D eigenvalue weighted by Gasteiger charge is 2.06. The molecule has 0 aliphatic rings. The lowest BCUT2D eigenvalue weighted by Crippen LogP contribution is -2.12. The summed E-state index contributed by atoms with van der Waals surface area (Å²) in [5.41, 5.74) is 3.64. The molecule has 0 amide bonds. The highest BCUT2D eigenvalue weighted by molar-refractivity contribution is 5.43. The number of ether oxygens (including phenoxy) is 2. The van der Waals surface area contributed by atoms with Crippen molar-refractivity contribution in [3.63, 3.8) is 0 Å². The summed E-state index contributed by atoms with van der Waals surface area (Å²) in [6.07, 6.45) is 4.49. The van der Waals surface area contributed by atoms with Crippen LogP contribution in [0.2, 0.25) is 0 Å². The molecular formula is C22H24N2O2. The Morgan fingerprint density at radius 2 is 1.58 bits per heavy atom. The van der Waals surface area contributed by atoms with Gasteiger partial charge in [-0.25, -0.2) is 0 Å². The van der Waals surface area contributed by atoms with Gasteiger partial charge in [0, 0.05) is 31.9 Å². The Hall–Kier alpha value is -2.85. The number of hydrogen-bond acceptors (Lipinski definition) is 4. The minimum absolute atomic E-state index is 0.625. The fraction of sp³-hybridized carbons (Fsp3) is 0.227. The topological polar surface area (TPSA) is 43.4 Å². The van der Waals surface area contributed by atoms with Crippen LogP contribution in [0, 0.1) is 0 Å².